The van der Waals surface area contributed by atoms with Crippen molar-refractivity contribution in [1.29, 1.82) is 0 Å². The molecule has 0 aliphatic carbocycles. The van der Waals surface area contributed by atoms with Crippen LogP contribution >= 0.6 is 22.9 Å². The molecule has 0 atom stereocenters. The van der Waals surface area contributed by atoms with Gasteiger partial charge in [0, 0.05) is 23.6 Å². The van der Waals surface area contributed by atoms with Crippen LogP contribution in [0.1, 0.15) is 26.3 Å². The molecule has 3 nitrogen and oxygen atoms in total. The van der Waals surface area contributed by atoms with Crippen LogP contribution in [0.4, 0.5) is 0 Å². The average Bonchev–Trinajstić information content (AvgIpc) is 2.69. The van der Waals surface area contributed by atoms with Crippen LogP contribution in [0.15, 0.2) is 29.1 Å². The molecule has 0 amide bonds. The van der Waals surface area contributed by atoms with E-state index in [1.165, 1.54) is 22.0 Å². The Bertz CT molecular complexity index is 885. The van der Waals surface area contributed by atoms with Crippen LogP contribution in [0.2, 0.25) is 5.02 Å². The molecule has 1 aromatic heterocycles. The maximum absolute atomic E-state index is 12.3. The molecule has 0 aliphatic heterocycles. The number of thiazole rings is 1. The summed E-state index contributed by atoms with van der Waals surface area (Å²) in [6.45, 7) is 5.57. The van der Waals surface area contributed by atoms with Gasteiger partial charge in [-0.15, -0.1) is 11.3 Å². The molecule has 0 fully saturated rings. The molecule has 116 valence electrons. The fourth-order valence-corrected chi connectivity index (χ4v) is 2.98. The summed E-state index contributed by atoms with van der Waals surface area (Å²) < 4.78 is 2.70. The molecule has 0 N–H and O–H groups in total. The van der Waals surface area contributed by atoms with Gasteiger partial charge >= 0.3 is 0 Å². The second-order valence-electron chi connectivity index (χ2n) is 6.09. The molecule has 1 aromatic carbocycles. The number of hydrogen-bond donors (Lipinski definition) is 0. The Labute approximate surface area is 138 Å². The highest BCUT2D eigenvalue weighted by Crippen LogP contribution is 2.15. The monoisotopic (exact) mass is 335 g/mol. The predicted molar refractivity (Wildman–Crippen MR) is 92.8 cm³/mol. The SMILES string of the molecule is Cn1c(=O)/c(=C/c2ccccc2Cl)s/c1=C/C(=O)C(C)(C)C. The minimum absolute atomic E-state index is 0.00589. The molecule has 2 aromatic rings. The number of Topliss-reactive ketones (excluding diaryl/α,β-unsaturated/α-hetero) is 1. The van der Waals surface area contributed by atoms with E-state index in [4.69, 9.17) is 11.6 Å². The van der Waals surface area contributed by atoms with Crippen molar-refractivity contribution in [3.8, 4) is 0 Å². The summed E-state index contributed by atoms with van der Waals surface area (Å²) >= 11 is 7.41. The van der Waals surface area contributed by atoms with E-state index in [2.05, 4.69) is 0 Å². The van der Waals surface area contributed by atoms with Crippen molar-refractivity contribution in [2.45, 2.75) is 20.8 Å². The molecule has 0 saturated heterocycles. The van der Waals surface area contributed by atoms with Crippen LogP contribution in [0.25, 0.3) is 12.2 Å². The Morgan fingerprint density at radius 1 is 1.27 bits per heavy atom. The molecule has 0 saturated carbocycles. The molecule has 22 heavy (non-hydrogen) atoms. The van der Waals surface area contributed by atoms with E-state index in [0.29, 0.717) is 14.2 Å². The lowest BCUT2D eigenvalue weighted by atomic mass is 9.91. The van der Waals surface area contributed by atoms with Crippen molar-refractivity contribution in [1.82, 2.24) is 4.57 Å². The quantitative estimate of drug-likeness (QED) is 0.845. The van der Waals surface area contributed by atoms with Crippen molar-refractivity contribution in [2.24, 2.45) is 12.5 Å². The fourth-order valence-electron chi connectivity index (χ4n) is 1.77. The van der Waals surface area contributed by atoms with Crippen molar-refractivity contribution >= 4 is 40.9 Å². The first kappa shape index (κ1) is 16.7. The third-order valence-electron chi connectivity index (χ3n) is 3.25. The summed E-state index contributed by atoms with van der Waals surface area (Å²) in [5.41, 5.74) is 0.196. The fraction of sp³-hybridized carbons (Fsp3) is 0.294. The van der Waals surface area contributed by atoms with Crippen molar-refractivity contribution in [2.75, 3.05) is 0 Å². The van der Waals surface area contributed by atoms with Gasteiger partial charge in [0.05, 0.1) is 4.53 Å². The normalized spacial score (nSPS) is 13.7. The number of halogens is 1. The van der Waals surface area contributed by atoms with E-state index in [0.717, 1.165) is 5.56 Å². The number of ketones is 1. The lowest BCUT2D eigenvalue weighted by molar-refractivity contribution is -0.120. The smallest absolute Gasteiger partial charge is 0.268 e. The van der Waals surface area contributed by atoms with Gasteiger partial charge in [-0.25, -0.2) is 0 Å². The van der Waals surface area contributed by atoms with Crippen molar-refractivity contribution in [3.63, 3.8) is 0 Å². The maximum atomic E-state index is 12.3. The van der Waals surface area contributed by atoms with E-state index in [9.17, 15) is 9.59 Å². The second kappa shape index (κ2) is 6.23. The summed E-state index contributed by atoms with van der Waals surface area (Å²) in [7, 11) is 1.67. The highest BCUT2D eigenvalue weighted by molar-refractivity contribution is 7.07. The van der Waals surface area contributed by atoms with E-state index in [1.807, 2.05) is 39.0 Å². The van der Waals surface area contributed by atoms with Gasteiger partial charge in [-0.2, -0.15) is 0 Å². The first-order valence-electron chi connectivity index (χ1n) is 6.88. The second-order valence-corrected chi connectivity index (χ2v) is 7.56. The summed E-state index contributed by atoms with van der Waals surface area (Å²) in [4.78, 5) is 24.4. The molecular weight excluding hydrogens is 318 g/mol. The van der Waals surface area contributed by atoms with Gasteiger partial charge in [0.25, 0.3) is 5.56 Å². The molecule has 0 radical (unpaired) electrons. The lowest BCUT2D eigenvalue weighted by Gasteiger charge is -2.12. The Balaban J connectivity index is 2.62. The number of benzene rings is 1. The van der Waals surface area contributed by atoms with E-state index in [-0.39, 0.29) is 11.3 Å². The standard InChI is InChI=1S/C17H18ClNO2S/c1-17(2,3)14(20)10-15-19(4)16(21)13(22-15)9-11-7-5-6-8-12(11)18/h5-10H,1-4H3/b13-9-,15-10+. The Hall–Kier alpha value is -1.65. The molecule has 0 unspecified atom stereocenters. The van der Waals surface area contributed by atoms with E-state index in [1.54, 1.807) is 19.2 Å². The van der Waals surface area contributed by atoms with Crippen LogP contribution < -0.4 is 14.8 Å². The van der Waals surface area contributed by atoms with Crippen LogP contribution in [0.3, 0.4) is 0 Å². The minimum Gasteiger partial charge on any atom is -0.302 e. The Kier molecular flexibility index (Phi) is 4.73. The summed E-state index contributed by atoms with van der Waals surface area (Å²) in [6.07, 6.45) is 3.30. The topological polar surface area (TPSA) is 39.1 Å². The van der Waals surface area contributed by atoms with Gasteiger partial charge < -0.3 is 4.57 Å². The van der Waals surface area contributed by atoms with E-state index >= 15 is 0 Å². The van der Waals surface area contributed by atoms with Gasteiger partial charge in [0.2, 0.25) is 0 Å². The van der Waals surface area contributed by atoms with Gasteiger partial charge in [-0.1, -0.05) is 50.6 Å². The third-order valence-corrected chi connectivity index (χ3v) is 4.70. The molecule has 0 spiro atoms. The largest absolute Gasteiger partial charge is 0.302 e. The minimum atomic E-state index is -0.466. The van der Waals surface area contributed by atoms with Crippen LogP contribution in [0, 0.1) is 5.41 Å². The lowest BCUT2D eigenvalue weighted by Crippen LogP contribution is -2.30. The number of nitrogens with zero attached hydrogens (tertiary/aromatic N) is 1. The number of carbonyl (C=O) groups excluding carboxylic acids is 1. The summed E-state index contributed by atoms with van der Waals surface area (Å²) in [5.74, 6) is -0.00589. The molecule has 5 heteroatoms. The molecular formula is C17H18ClNO2S. The highest BCUT2D eigenvalue weighted by Gasteiger charge is 2.19. The average molecular weight is 336 g/mol. The van der Waals surface area contributed by atoms with Crippen molar-refractivity contribution in [3.05, 3.63) is 54.4 Å². The zero-order chi connectivity index (χ0) is 16.5. The Morgan fingerprint density at radius 3 is 2.50 bits per heavy atom. The zero-order valence-electron chi connectivity index (χ0n) is 13.0. The predicted octanol–water partition coefficient (Wildman–Crippen LogP) is 2.32. The maximum Gasteiger partial charge on any atom is 0.268 e. The first-order chi connectivity index (χ1) is 10.2. The Morgan fingerprint density at radius 2 is 1.91 bits per heavy atom. The molecule has 0 aliphatic rings. The van der Waals surface area contributed by atoms with Gasteiger partial charge in [0.1, 0.15) is 4.66 Å². The number of carbonyl (C=O) groups is 1. The van der Waals surface area contributed by atoms with Gasteiger partial charge in [0.15, 0.2) is 5.78 Å². The number of aromatic nitrogens is 1. The summed E-state index contributed by atoms with van der Waals surface area (Å²) in [6, 6.07) is 7.34. The van der Waals surface area contributed by atoms with Gasteiger partial charge in [-0.05, 0) is 17.7 Å². The highest BCUT2D eigenvalue weighted by atomic mass is 35.5. The third kappa shape index (κ3) is 3.57. The molecule has 0 bridgehead atoms. The zero-order valence-corrected chi connectivity index (χ0v) is 14.6. The van der Waals surface area contributed by atoms with Gasteiger partial charge in [-0.3, -0.25) is 9.59 Å². The number of rotatable bonds is 2. The summed E-state index contributed by atoms with van der Waals surface area (Å²) in [5, 5.41) is 0.592. The molecule has 1 heterocycles. The van der Waals surface area contributed by atoms with Crippen LogP contribution in [-0.2, 0) is 11.8 Å². The van der Waals surface area contributed by atoms with Crippen LogP contribution in [0.5, 0.6) is 0 Å². The number of hydrogen-bond acceptors (Lipinski definition) is 3. The van der Waals surface area contributed by atoms with Crippen molar-refractivity contribution < 1.29 is 4.79 Å². The van der Waals surface area contributed by atoms with E-state index < -0.39 is 5.41 Å². The van der Waals surface area contributed by atoms with Crippen LogP contribution in [-0.4, -0.2) is 10.4 Å². The molecule has 2 rings (SSSR count). The first-order valence-corrected chi connectivity index (χ1v) is 8.08.